The summed E-state index contributed by atoms with van der Waals surface area (Å²) in [5.41, 5.74) is 7.97. The van der Waals surface area contributed by atoms with E-state index in [1.54, 1.807) is 0 Å². The van der Waals surface area contributed by atoms with Crippen molar-refractivity contribution in [3.63, 3.8) is 0 Å². The summed E-state index contributed by atoms with van der Waals surface area (Å²) in [6.07, 6.45) is 4.13. The van der Waals surface area contributed by atoms with Gasteiger partial charge in [0, 0.05) is 34.9 Å². The van der Waals surface area contributed by atoms with Gasteiger partial charge in [-0.25, -0.2) is 3.93 Å². The van der Waals surface area contributed by atoms with Crippen LogP contribution in [0.5, 0.6) is 0 Å². The molecule has 0 fully saturated rings. The van der Waals surface area contributed by atoms with Crippen LogP contribution < -0.4 is 10.6 Å². The van der Waals surface area contributed by atoms with Crippen molar-refractivity contribution in [2.75, 3.05) is 30.4 Å². The summed E-state index contributed by atoms with van der Waals surface area (Å²) in [4.78, 5) is 0. The third-order valence-electron chi connectivity index (χ3n) is 4.98. The first-order valence-electron chi connectivity index (χ1n) is 10.3. The molecule has 0 heterocycles. The van der Waals surface area contributed by atoms with Crippen LogP contribution in [0.2, 0.25) is 0 Å². The van der Waals surface area contributed by atoms with Crippen LogP contribution in [0.1, 0.15) is 49.9 Å². The maximum absolute atomic E-state index is 3.69. The molecule has 163 valence electrons. The van der Waals surface area contributed by atoms with E-state index in [0.717, 1.165) is 45.4 Å². The minimum atomic E-state index is 0.760. The molecule has 29 heavy (non-hydrogen) atoms. The molecular weight excluding hydrogens is 537 g/mol. The Morgan fingerprint density at radius 2 is 1.45 bits per heavy atom. The van der Waals surface area contributed by atoms with Crippen molar-refractivity contribution < 1.29 is 13.9 Å². The van der Waals surface area contributed by atoms with Crippen molar-refractivity contribution in [1.29, 1.82) is 0 Å². The average molecular weight is 570 g/mol. The van der Waals surface area contributed by atoms with Gasteiger partial charge in [0.15, 0.2) is 0 Å². The number of aryl methyl sites for hydroxylation is 4. The molecule has 2 aromatic carbocycles. The van der Waals surface area contributed by atoms with E-state index in [-0.39, 0.29) is 0 Å². The van der Waals surface area contributed by atoms with Gasteiger partial charge < -0.3 is 10.6 Å². The molecule has 0 aromatic heterocycles. The molecule has 0 aliphatic carbocycles. The van der Waals surface area contributed by atoms with Crippen LogP contribution in [0.4, 0.5) is 11.4 Å². The molecule has 0 aliphatic rings. The number of para-hydroxylation sites is 1. The zero-order valence-corrected chi connectivity index (χ0v) is 22.1. The molecule has 6 heteroatoms. The fraction of sp³-hybridized carbons (Fsp3) is 0.478. The summed E-state index contributed by atoms with van der Waals surface area (Å²) in [5, 5.41) is 7.25. The Morgan fingerprint density at radius 1 is 0.862 bits per heavy atom. The monoisotopic (exact) mass is 568 g/mol. The summed E-state index contributed by atoms with van der Waals surface area (Å²) < 4.78 is 2.14. The molecule has 0 aliphatic heterocycles. The number of rotatable bonds is 11. The summed E-state index contributed by atoms with van der Waals surface area (Å²) in [5.74, 6) is 0. The van der Waals surface area contributed by atoms with Crippen molar-refractivity contribution in [3.05, 3.63) is 58.7 Å². The van der Waals surface area contributed by atoms with E-state index in [4.69, 9.17) is 0 Å². The summed E-state index contributed by atoms with van der Waals surface area (Å²) in [6.45, 7) is 11.4. The van der Waals surface area contributed by atoms with E-state index < -0.39 is 0 Å². The van der Waals surface area contributed by atoms with Gasteiger partial charge >= 0.3 is 28.1 Å². The van der Waals surface area contributed by atoms with Crippen LogP contribution in [-0.2, 0) is 39.6 Å². The Labute approximate surface area is 201 Å². The fourth-order valence-electron chi connectivity index (χ4n) is 3.40. The molecule has 0 amide bonds. The van der Waals surface area contributed by atoms with Crippen LogP contribution in [0.25, 0.3) is 0 Å². The van der Waals surface area contributed by atoms with Crippen LogP contribution in [0, 0.1) is 6.07 Å². The molecule has 0 unspecified atom stereocenters. The van der Waals surface area contributed by atoms with E-state index in [0.29, 0.717) is 0 Å². The van der Waals surface area contributed by atoms with Gasteiger partial charge in [0.25, 0.3) is 0 Å². The van der Waals surface area contributed by atoms with E-state index in [1.807, 2.05) is 6.07 Å². The number of benzene rings is 2. The van der Waals surface area contributed by atoms with Crippen molar-refractivity contribution in [2.24, 2.45) is 0 Å². The zero-order chi connectivity index (χ0) is 21.6. The fourth-order valence-corrected chi connectivity index (χ4v) is 3.70. The van der Waals surface area contributed by atoms with Crippen LogP contribution in [0.3, 0.4) is 0 Å². The maximum atomic E-state index is 3.69. The van der Waals surface area contributed by atoms with E-state index in [2.05, 4.69) is 117 Å². The number of hydrogen-bond donors (Lipinski definition) is 2. The number of hydrogen-bond acceptors (Lipinski definition) is 3. The average Bonchev–Trinajstić information content (AvgIpc) is 2.78. The van der Waals surface area contributed by atoms with Crippen molar-refractivity contribution in [1.82, 2.24) is 3.93 Å². The molecule has 0 saturated heterocycles. The van der Waals surface area contributed by atoms with Gasteiger partial charge in [0.05, 0.1) is 6.67 Å². The summed E-state index contributed by atoms with van der Waals surface area (Å²) in [6, 6.07) is 14.2. The predicted molar refractivity (Wildman–Crippen MR) is 131 cm³/mol. The van der Waals surface area contributed by atoms with E-state index in [9.17, 15) is 0 Å². The van der Waals surface area contributed by atoms with Crippen molar-refractivity contribution in [2.45, 2.75) is 53.4 Å². The number of nitrogens with zero attached hydrogens (tertiary/aromatic N) is 1. The molecule has 2 N–H and O–H groups in total. The van der Waals surface area contributed by atoms with Crippen LogP contribution >= 0.6 is 30.3 Å². The number of anilines is 2. The topological polar surface area (TPSA) is 27.3 Å². The normalized spacial score (nSPS) is 10.5. The van der Waals surface area contributed by atoms with Crippen molar-refractivity contribution >= 4 is 41.7 Å². The first-order chi connectivity index (χ1) is 14.1. The predicted octanol–water partition coefficient (Wildman–Crippen LogP) is 6.67. The first-order valence-corrected chi connectivity index (χ1v) is 13.6. The molecule has 0 spiro atoms. The second-order valence-corrected chi connectivity index (χ2v) is 7.67. The zero-order valence-electron chi connectivity index (χ0n) is 17.9. The SMILES string of the molecule is CCc1[c-]ccc(CC)c1NCN(Br)CCNc1c(CC)cccc1CC.[Co+][Br]. The second kappa shape index (κ2) is 15.3. The van der Waals surface area contributed by atoms with Crippen molar-refractivity contribution in [3.8, 4) is 0 Å². The van der Waals surface area contributed by atoms with E-state index >= 15 is 0 Å². The second-order valence-electron chi connectivity index (χ2n) is 6.67. The third kappa shape index (κ3) is 8.25. The number of halogens is 2. The van der Waals surface area contributed by atoms with Gasteiger partial charge in [0.2, 0.25) is 0 Å². The Morgan fingerprint density at radius 3 is 2.00 bits per heavy atom. The Bertz CT molecular complexity index is 681. The Balaban J connectivity index is 0.00000204. The van der Waals surface area contributed by atoms with Gasteiger partial charge in [0.1, 0.15) is 0 Å². The third-order valence-corrected chi connectivity index (χ3v) is 5.59. The Hall–Kier alpha value is -0.534. The number of nitrogens with one attached hydrogen (secondary N) is 2. The summed E-state index contributed by atoms with van der Waals surface area (Å²) >= 11 is 9.69. The molecule has 2 aromatic rings. The van der Waals surface area contributed by atoms with Crippen LogP contribution in [-0.4, -0.2) is 23.7 Å². The first kappa shape index (κ1) is 26.5. The molecular formula is C23H33Br2CoN3. The summed E-state index contributed by atoms with van der Waals surface area (Å²) in [7, 11) is 0. The molecule has 0 radical (unpaired) electrons. The van der Waals surface area contributed by atoms with Crippen LogP contribution in [0.15, 0.2) is 30.3 Å². The molecule has 0 atom stereocenters. The quantitative estimate of drug-likeness (QED) is 0.180. The molecule has 0 saturated carbocycles. The standard InChI is InChI=1S/C23H33BrN3.BrH.Co/c1-5-18-11-9-12-19(6-2)22(18)25-15-16-27(24)17-26-23-20(7-3)13-10-14-21(23)8-4;;/h9-13,25-26H,5-8,15-17H2,1-4H3;1H;/q-1;;+2/p-1. The Kier molecular flexibility index (Phi) is 14.0. The van der Waals surface area contributed by atoms with Gasteiger partial charge in [-0.2, -0.15) is 18.2 Å². The molecule has 2 rings (SSSR count). The van der Waals surface area contributed by atoms with E-state index in [1.165, 1.54) is 33.6 Å². The minimum absolute atomic E-state index is 0.760. The van der Waals surface area contributed by atoms with Gasteiger partial charge in [-0.05, 0) is 24.0 Å². The van der Waals surface area contributed by atoms with Gasteiger partial charge in [-0.3, -0.25) is 0 Å². The molecule has 0 bridgehead atoms. The van der Waals surface area contributed by atoms with Gasteiger partial charge in [-0.1, -0.05) is 64.4 Å². The van der Waals surface area contributed by atoms with Gasteiger partial charge in [-0.15, -0.1) is 11.1 Å². The molecule has 3 nitrogen and oxygen atoms in total.